The van der Waals surface area contributed by atoms with Crippen LogP contribution in [-0.2, 0) is 11.2 Å². The van der Waals surface area contributed by atoms with Crippen LogP contribution in [-0.4, -0.2) is 28.4 Å². The number of ether oxygens (including phenoxy) is 1. The van der Waals surface area contributed by atoms with E-state index in [1.54, 1.807) is 6.20 Å². The van der Waals surface area contributed by atoms with Crippen molar-refractivity contribution < 1.29 is 9.84 Å². The average Bonchev–Trinajstić information content (AvgIpc) is 2.90. The van der Waals surface area contributed by atoms with E-state index in [0.29, 0.717) is 24.3 Å². The van der Waals surface area contributed by atoms with E-state index in [4.69, 9.17) is 10.5 Å². The summed E-state index contributed by atoms with van der Waals surface area (Å²) in [7, 11) is 0. The third-order valence-corrected chi connectivity index (χ3v) is 3.94. The molecular formula is C13H18N2O2. The fourth-order valence-electron chi connectivity index (χ4n) is 3.10. The molecule has 4 atom stereocenters. The maximum absolute atomic E-state index is 10.3. The van der Waals surface area contributed by atoms with Gasteiger partial charge in [-0.15, -0.1) is 0 Å². The van der Waals surface area contributed by atoms with Crippen molar-refractivity contribution in [3.05, 3.63) is 23.9 Å². The van der Waals surface area contributed by atoms with Crippen LogP contribution in [0.4, 0.5) is 5.82 Å². The molecule has 4 nitrogen and oxygen atoms in total. The zero-order valence-electron chi connectivity index (χ0n) is 9.75. The summed E-state index contributed by atoms with van der Waals surface area (Å²) in [6.07, 6.45) is 5.94. The molecule has 92 valence electrons. The zero-order valence-corrected chi connectivity index (χ0v) is 9.75. The maximum Gasteiger partial charge on any atom is 0.123 e. The Morgan fingerprint density at radius 2 is 2.41 bits per heavy atom. The summed E-state index contributed by atoms with van der Waals surface area (Å²) in [5.41, 5.74) is 6.68. The van der Waals surface area contributed by atoms with Crippen molar-refractivity contribution in [3.63, 3.8) is 0 Å². The lowest BCUT2D eigenvalue weighted by Gasteiger charge is -2.24. The van der Waals surface area contributed by atoms with Gasteiger partial charge in [-0.3, -0.25) is 0 Å². The molecule has 2 aliphatic heterocycles. The van der Waals surface area contributed by atoms with Gasteiger partial charge in [0, 0.05) is 12.1 Å². The van der Waals surface area contributed by atoms with Crippen LogP contribution in [0.15, 0.2) is 18.3 Å². The highest BCUT2D eigenvalue weighted by molar-refractivity contribution is 5.32. The van der Waals surface area contributed by atoms with Crippen molar-refractivity contribution in [2.45, 2.75) is 44.0 Å². The summed E-state index contributed by atoms with van der Waals surface area (Å²) >= 11 is 0. The first-order valence-electron chi connectivity index (χ1n) is 6.26. The Balaban J connectivity index is 1.65. The van der Waals surface area contributed by atoms with Crippen LogP contribution in [0, 0.1) is 5.92 Å². The van der Waals surface area contributed by atoms with Crippen LogP contribution in [0.3, 0.4) is 0 Å². The van der Waals surface area contributed by atoms with Gasteiger partial charge in [0.15, 0.2) is 0 Å². The molecule has 4 unspecified atom stereocenters. The molecule has 2 fully saturated rings. The number of anilines is 1. The molecule has 3 N–H and O–H groups in total. The van der Waals surface area contributed by atoms with E-state index in [0.717, 1.165) is 24.8 Å². The minimum atomic E-state index is -0.327. The first-order valence-corrected chi connectivity index (χ1v) is 6.26. The van der Waals surface area contributed by atoms with Gasteiger partial charge in [-0.05, 0) is 43.4 Å². The third-order valence-electron chi connectivity index (χ3n) is 3.94. The van der Waals surface area contributed by atoms with Gasteiger partial charge in [-0.2, -0.15) is 0 Å². The molecule has 2 bridgehead atoms. The van der Waals surface area contributed by atoms with E-state index in [2.05, 4.69) is 4.98 Å². The highest BCUT2D eigenvalue weighted by Gasteiger charge is 2.43. The second-order valence-electron chi connectivity index (χ2n) is 5.13. The maximum atomic E-state index is 10.3. The summed E-state index contributed by atoms with van der Waals surface area (Å²) in [6.45, 7) is 0. The highest BCUT2D eigenvalue weighted by atomic mass is 16.5. The van der Waals surface area contributed by atoms with E-state index in [-0.39, 0.29) is 12.2 Å². The number of aliphatic hydroxyl groups is 1. The second-order valence-corrected chi connectivity index (χ2v) is 5.13. The quantitative estimate of drug-likeness (QED) is 0.822. The lowest BCUT2D eigenvalue weighted by atomic mass is 9.83. The molecule has 3 heterocycles. The molecule has 0 aliphatic carbocycles. The number of nitrogens with two attached hydrogens (primary N) is 1. The first kappa shape index (κ1) is 11.0. The average molecular weight is 234 g/mol. The van der Waals surface area contributed by atoms with Gasteiger partial charge >= 0.3 is 0 Å². The summed E-state index contributed by atoms with van der Waals surface area (Å²) in [4.78, 5) is 3.95. The van der Waals surface area contributed by atoms with E-state index >= 15 is 0 Å². The number of pyridine rings is 1. The Morgan fingerprint density at radius 1 is 1.53 bits per heavy atom. The Hall–Kier alpha value is -1.13. The number of hydrogen-bond acceptors (Lipinski definition) is 4. The highest BCUT2D eigenvalue weighted by Crippen LogP contribution is 2.40. The second kappa shape index (κ2) is 4.27. The molecule has 1 aromatic rings. The van der Waals surface area contributed by atoms with Crippen molar-refractivity contribution in [3.8, 4) is 0 Å². The largest absolute Gasteiger partial charge is 0.392 e. The molecule has 2 saturated heterocycles. The van der Waals surface area contributed by atoms with Gasteiger partial charge in [0.2, 0.25) is 0 Å². The van der Waals surface area contributed by atoms with Crippen molar-refractivity contribution in [2.75, 3.05) is 5.73 Å². The number of nitrogen functional groups attached to an aromatic ring is 1. The topological polar surface area (TPSA) is 68.4 Å². The molecule has 0 radical (unpaired) electrons. The smallest absolute Gasteiger partial charge is 0.123 e. The Labute approximate surface area is 101 Å². The van der Waals surface area contributed by atoms with Gasteiger partial charge in [-0.1, -0.05) is 0 Å². The van der Waals surface area contributed by atoms with Crippen molar-refractivity contribution in [1.82, 2.24) is 4.98 Å². The Bertz CT molecular complexity index is 410. The SMILES string of the molecule is Nc1cc(CC(O)C2CC3CCC2O3)ccn1. The van der Waals surface area contributed by atoms with E-state index < -0.39 is 0 Å². The lowest BCUT2D eigenvalue weighted by Crippen LogP contribution is -2.31. The Kier molecular flexibility index (Phi) is 2.76. The fourth-order valence-corrected chi connectivity index (χ4v) is 3.10. The van der Waals surface area contributed by atoms with E-state index in [1.807, 2.05) is 12.1 Å². The van der Waals surface area contributed by atoms with Crippen molar-refractivity contribution >= 4 is 5.82 Å². The standard InChI is InChI=1S/C13H18N2O2/c14-13-6-8(3-4-15-13)5-11(16)10-7-9-1-2-12(10)17-9/h3-4,6,9-12,16H,1-2,5,7H2,(H2,14,15). The number of nitrogens with zero attached hydrogens (tertiary/aromatic N) is 1. The van der Waals surface area contributed by atoms with Crippen LogP contribution < -0.4 is 5.73 Å². The van der Waals surface area contributed by atoms with Crippen LogP contribution >= 0.6 is 0 Å². The lowest BCUT2D eigenvalue weighted by molar-refractivity contribution is 0.0432. The van der Waals surface area contributed by atoms with Gasteiger partial charge in [-0.25, -0.2) is 4.98 Å². The Morgan fingerprint density at radius 3 is 3.06 bits per heavy atom. The van der Waals surface area contributed by atoms with Gasteiger partial charge in [0.25, 0.3) is 0 Å². The molecule has 4 heteroatoms. The third kappa shape index (κ3) is 2.15. The molecule has 0 spiro atoms. The van der Waals surface area contributed by atoms with Gasteiger partial charge in [0.05, 0.1) is 18.3 Å². The van der Waals surface area contributed by atoms with Crippen LogP contribution in [0.25, 0.3) is 0 Å². The van der Waals surface area contributed by atoms with Crippen molar-refractivity contribution in [2.24, 2.45) is 5.92 Å². The molecule has 2 aliphatic rings. The van der Waals surface area contributed by atoms with Gasteiger partial charge < -0.3 is 15.6 Å². The van der Waals surface area contributed by atoms with Crippen LogP contribution in [0.5, 0.6) is 0 Å². The molecule has 0 saturated carbocycles. The van der Waals surface area contributed by atoms with Crippen LogP contribution in [0.2, 0.25) is 0 Å². The minimum Gasteiger partial charge on any atom is -0.392 e. The molecule has 3 rings (SSSR count). The molecular weight excluding hydrogens is 216 g/mol. The summed E-state index contributed by atoms with van der Waals surface area (Å²) in [5, 5.41) is 10.3. The first-order chi connectivity index (χ1) is 8.22. The number of hydrogen-bond donors (Lipinski definition) is 2. The number of aromatic nitrogens is 1. The number of fused-ring (bicyclic) bond motifs is 2. The monoisotopic (exact) mass is 234 g/mol. The molecule has 1 aromatic heterocycles. The van der Waals surface area contributed by atoms with Crippen molar-refractivity contribution in [1.29, 1.82) is 0 Å². The van der Waals surface area contributed by atoms with Gasteiger partial charge in [0.1, 0.15) is 5.82 Å². The number of rotatable bonds is 3. The summed E-state index contributed by atoms with van der Waals surface area (Å²) in [6, 6.07) is 3.74. The predicted molar refractivity (Wildman–Crippen MR) is 64.4 cm³/mol. The zero-order chi connectivity index (χ0) is 11.8. The molecule has 0 amide bonds. The fraction of sp³-hybridized carbons (Fsp3) is 0.615. The molecule has 17 heavy (non-hydrogen) atoms. The number of aliphatic hydroxyl groups excluding tert-OH is 1. The van der Waals surface area contributed by atoms with E-state index in [9.17, 15) is 5.11 Å². The minimum absolute atomic E-state index is 0.272. The predicted octanol–water partition coefficient (Wildman–Crippen LogP) is 1.13. The van der Waals surface area contributed by atoms with E-state index in [1.165, 1.54) is 0 Å². The van der Waals surface area contributed by atoms with Crippen LogP contribution in [0.1, 0.15) is 24.8 Å². The summed E-state index contributed by atoms with van der Waals surface area (Å²) < 4.78 is 5.77. The normalized spacial score (nSPS) is 32.9. The molecule has 0 aromatic carbocycles. The summed E-state index contributed by atoms with van der Waals surface area (Å²) in [5.74, 6) is 0.807.